The van der Waals surface area contributed by atoms with Crippen LogP contribution in [0.4, 0.5) is 11.4 Å². The van der Waals surface area contributed by atoms with Crippen molar-refractivity contribution in [3.63, 3.8) is 0 Å². The molecule has 0 bridgehead atoms. The van der Waals surface area contributed by atoms with E-state index in [4.69, 9.17) is 4.74 Å². The van der Waals surface area contributed by atoms with E-state index in [9.17, 15) is 14.9 Å². The average Bonchev–Trinajstić information content (AvgIpc) is 3.29. The van der Waals surface area contributed by atoms with Gasteiger partial charge in [0.05, 0.1) is 10.6 Å². The van der Waals surface area contributed by atoms with Crippen LogP contribution >= 0.6 is 0 Å². The van der Waals surface area contributed by atoms with E-state index in [0.717, 1.165) is 22.6 Å². The Balaban J connectivity index is 1.15. The average molecular weight is 472 g/mol. The Bertz CT molecular complexity index is 1360. The molecule has 178 valence electrons. The van der Waals surface area contributed by atoms with Gasteiger partial charge >= 0.3 is 0 Å². The van der Waals surface area contributed by atoms with Crippen molar-refractivity contribution < 1.29 is 14.5 Å². The number of aryl methyl sites for hydroxylation is 1. The van der Waals surface area contributed by atoms with E-state index in [0.29, 0.717) is 44.1 Å². The number of nitro benzene ring substituents is 1. The summed E-state index contributed by atoms with van der Waals surface area (Å²) in [4.78, 5) is 31.9. The number of non-ortho nitro benzene ring substituents is 1. The van der Waals surface area contributed by atoms with Gasteiger partial charge in [0.15, 0.2) is 0 Å². The first-order chi connectivity index (χ1) is 17.0. The second kappa shape index (κ2) is 9.46. The van der Waals surface area contributed by atoms with Crippen molar-refractivity contribution >= 4 is 22.9 Å². The van der Waals surface area contributed by atoms with Crippen LogP contribution in [0, 0.1) is 17.0 Å². The Hall–Kier alpha value is -4.40. The topological polar surface area (TPSA) is 93.2 Å². The standard InChI is InChI=1S/C26H25N5O4/c1-19-2-11-25-27-21(17-30(25)16-19)18-35-24-9-3-20(4-10-24)26(32)29-14-12-28(13-15-29)22-5-7-23(8-6-22)31(33)34/h2-11,16-17H,12-15,18H2,1H3. The van der Waals surface area contributed by atoms with Gasteiger partial charge in [0.25, 0.3) is 11.6 Å². The summed E-state index contributed by atoms with van der Waals surface area (Å²) in [6, 6.07) is 17.7. The van der Waals surface area contributed by atoms with Crippen LogP contribution < -0.4 is 9.64 Å². The number of carbonyl (C=O) groups is 1. The molecule has 5 rings (SSSR count). The first kappa shape index (κ1) is 22.4. The number of pyridine rings is 1. The van der Waals surface area contributed by atoms with Crippen LogP contribution in [0.5, 0.6) is 5.75 Å². The Labute approximate surface area is 202 Å². The number of ether oxygens (including phenoxy) is 1. The normalized spacial score (nSPS) is 13.7. The zero-order valence-electron chi connectivity index (χ0n) is 19.3. The molecule has 0 spiro atoms. The molecular formula is C26H25N5O4. The van der Waals surface area contributed by atoms with E-state index in [1.165, 1.54) is 12.1 Å². The minimum atomic E-state index is -0.406. The molecular weight excluding hydrogens is 446 g/mol. The van der Waals surface area contributed by atoms with Gasteiger partial charge in [-0.05, 0) is 55.0 Å². The van der Waals surface area contributed by atoms with Crippen molar-refractivity contribution in [2.45, 2.75) is 13.5 Å². The highest BCUT2D eigenvalue weighted by Crippen LogP contribution is 2.22. The molecule has 1 amide bonds. The van der Waals surface area contributed by atoms with Gasteiger partial charge < -0.3 is 18.9 Å². The number of nitro groups is 1. The van der Waals surface area contributed by atoms with E-state index >= 15 is 0 Å². The van der Waals surface area contributed by atoms with Crippen LogP contribution in [0.2, 0.25) is 0 Å². The summed E-state index contributed by atoms with van der Waals surface area (Å²) in [5.74, 6) is 0.661. The third-order valence-corrected chi connectivity index (χ3v) is 6.13. The van der Waals surface area contributed by atoms with E-state index in [1.807, 2.05) is 40.8 Å². The fraction of sp³-hybridized carbons (Fsp3) is 0.231. The summed E-state index contributed by atoms with van der Waals surface area (Å²) in [5, 5.41) is 10.8. The van der Waals surface area contributed by atoms with Crippen LogP contribution in [-0.4, -0.2) is 51.3 Å². The summed E-state index contributed by atoms with van der Waals surface area (Å²) in [6.45, 7) is 4.89. The van der Waals surface area contributed by atoms with Gasteiger partial charge in [0.1, 0.15) is 18.0 Å². The number of amides is 1. The number of piperazine rings is 1. The van der Waals surface area contributed by atoms with Gasteiger partial charge in [-0.2, -0.15) is 0 Å². The van der Waals surface area contributed by atoms with Crippen LogP contribution in [0.1, 0.15) is 21.6 Å². The van der Waals surface area contributed by atoms with Crippen molar-refractivity contribution in [1.82, 2.24) is 14.3 Å². The highest BCUT2D eigenvalue weighted by atomic mass is 16.6. The first-order valence-electron chi connectivity index (χ1n) is 11.4. The Kier molecular flexibility index (Phi) is 6.05. The van der Waals surface area contributed by atoms with Gasteiger partial charge in [-0.1, -0.05) is 6.07 Å². The maximum Gasteiger partial charge on any atom is 0.269 e. The fourth-order valence-corrected chi connectivity index (χ4v) is 4.21. The molecule has 1 saturated heterocycles. The van der Waals surface area contributed by atoms with Crippen LogP contribution in [0.25, 0.3) is 5.65 Å². The Morgan fingerprint density at radius 3 is 2.37 bits per heavy atom. The van der Waals surface area contributed by atoms with Gasteiger partial charge in [0.2, 0.25) is 0 Å². The van der Waals surface area contributed by atoms with Gasteiger partial charge in [0, 0.05) is 62.0 Å². The molecule has 1 aliphatic heterocycles. The van der Waals surface area contributed by atoms with E-state index < -0.39 is 4.92 Å². The number of rotatable bonds is 6. The summed E-state index contributed by atoms with van der Waals surface area (Å²) >= 11 is 0. The van der Waals surface area contributed by atoms with E-state index in [-0.39, 0.29) is 11.6 Å². The second-order valence-electron chi connectivity index (χ2n) is 8.57. The Morgan fingerprint density at radius 2 is 1.69 bits per heavy atom. The zero-order chi connectivity index (χ0) is 24.4. The largest absolute Gasteiger partial charge is 0.487 e. The van der Waals surface area contributed by atoms with E-state index in [2.05, 4.69) is 9.88 Å². The van der Waals surface area contributed by atoms with Crippen molar-refractivity contribution in [2.24, 2.45) is 0 Å². The lowest BCUT2D eigenvalue weighted by Crippen LogP contribution is -2.48. The van der Waals surface area contributed by atoms with Gasteiger partial charge in [-0.15, -0.1) is 0 Å². The minimum absolute atomic E-state index is 0.0179. The first-order valence-corrected chi connectivity index (χ1v) is 11.4. The number of hydrogen-bond acceptors (Lipinski definition) is 6. The molecule has 4 aromatic rings. The molecule has 0 N–H and O–H groups in total. The minimum Gasteiger partial charge on any atom is -0.487 e. The third kappa shape index (κ3) is 4.93. The predicted molar refractivity (Wildman–Crippen MR) is 132 cm³/mol. The number of hydrogen-bond donors (Lipinski definition) is 0. The van der Waals surface area contributed by atoms with Crippen molar-refractivity contribution in [3.8, 4) is 5.75 Å². The molecule has 1 fully saturated rings. The SMILES string of the molecule is Cc1ccc2nc(COc3ccc(C(=O)N4CCN(c5ccc([N+](=O)[O-])cc5)CC4)cc3)cn2c1. The number of anilines is 1. The van der Waals surface area contributed by atoms with Gasteiger partial charge in [-0.25, -0.2) is 4.98 Å². The molecule has 0 saturated carbocycles. The molecule has 9 heteroatoms. The predicted octanol–water partition coefficient (Wildman–Crippen LogP) is 4.09. The van der Waals surface area contributed by atoms with E-state index in [1.54, 1.807) is 36.4 Å². The molecule has 35 heavy (non-hydrogen) atoms. The summed E-state index contributed by atoms with van der Waals surface area (Å²) in [6.07, 6.45) is 3.98. The smallest absolute Gasteiger partial charge is 0.269 e. The quantitative estimate of drug-likeness (QED) is 0.311. The molecule has 0 unspecified atom stereocenters. The van der Waals surface area contributed by atoms with Crippen molar-refractivity contribution in [1.29, 1.82) is 0 Å². The second-order valence-corrected chi connectivity index (χ2v) is 8.57. The summed E-state index contributed by atoms with van der Waals surface area (Å²) < 4.78 is 7.85. The maximum absolute atomic E-state index is 13.0. The number of nitrogens with zero attached hydrogens (tertiary/aromatic N) is 5. The lowest BCUT2D eigenvalue weighted by atomic mass is 10.1. The van der Waals surface area contributed by atoms with Crippen LogP contribution in [0.3, 0.4) is 0 Å². The van der Waals surface area contributed by atoms with Gasteiger partial charge in [-0.3, -0.25) is 14.9 Å². The number of carbonyl (C=O) groups excluding carboxylic acids is 1. The molecule has 0 atom stereocenters. The highest BCUT2D eigenvalue weighted by molar-refractivity contribution is 5.94. The van der Waals surface area contributed by atoms with Crippen molar-refractivity contribution in [2.75, 3.05) is 31.1 Å². The molecule has 0 radical (unpaired) electrons. The Morgan fingerprint density at radius 1 is 0.971 bits per heavy atom. The number of imidazole rings is 1. The third-order valence-electron chi connectivity index (χ3n) is 6.13. The molecule has 1 aliphatic rings. The number of benzene rings is 2. The molecule has 2 aromatic heterocycles. The summed E-state index contributed by atoms with van der Waals surface area (Å²) in [5.41, 5.74) is 4.48. The van der Waals surface area contributed by atoms with Crippen molar-refractivity contribution in [3.05, 3.63) is 100.0 Å². The molecule has 0 aliphatic carbocycles. The number of aromatic nitrogens is 2. The lowest BCUT2D eigenvalue weighted by Gasteiger charge is -2.36. The zero-order valence-corrected chi connectivity index (χ0v) is 19.3. The monoisotopic (exact) mass is 471 g/mol. The highest BCUT2D eigenvalue weighted by Gasteiger charge is 2.22. The number of fused-ring (bicyclic) bond motifs is 1. The molecule has 3 heterocycles. The molecule has 2 aromatic carbocycles. The fourth-order valence-electron chi connectivity index (χ4n) is 4.21. The lowest BCUT2D eigenvalue weighted by molar-refractivity contribution is -0.384. The molecule has 9 nitrogen and oxygen atoms in total. The van der Waals surface area contributed by atoms with Crippen LogP contribution in [-0.2, 0) is 6.61 Å². The maximum atomic E-state index is 13.0. The van der Waals surface area contributed by atoms with Crippen LogP contribution in [0.15, 0.2) is 73.1 Å². The summed E-state index contributed by atoms with van der Waals surface area (Å²) in [7, 11) is 0.